The Morgan fingerprint density at radius 1 is 0.881 bits per heavy atom. The standard InChI is InChI=1S/C32H30N8.C2H6/c33-22-38-17-14-32(15-18-38)20-39(21-32)19-23-8-10-25(11-9-23)40-30(26-7-4-16-35-29(26)34)37-28-13-12-27(36-31(28)40)24-5-2-1-3-6-24;1-2/h1-13,16H,14-15,17-21H2,(H2,34,35);1-2H3. The van der Waals surface area contributed by atoms with Crippen LogP contribution < -0.4 is 5.73 Å². The predicted octanol–water partition coefficient (Wildman–Crippen LogP) is 6.14. The van der Waals surface area contributed by atoms with Crippen LogP contribution in [0.3, 0.4) is 0 Å². The Labute approximate surface area is 247 Å². The SMILES string of the molecule is CC.N#CN1CCC2(CC1)CN(Cc1ccc(-n3c(-c4cccnc4N)nc4ccc(-c5ccccc5)nc43)cc1)C2. The number of piperidine rings is 1. The molecule has 8 heteroatoms. The zero-order chi connectivity index (χ0) is 29.1. The van der Waals surface area contributed by atoms with Crippen LogP contribution in [0, 0.1) is 16.9 Å². The van der Waals surface area contributed by atoms with Crippen LogP contribution in [0.4, 0.5) is 5.82 Å². The summed E-state index contributed by atoms with van der Waals surface area (Å²) in [6.45, 7) is 8.92. The minimum atomic E-state index is 0.393. The van der Waals surface area contributed by atoms with Gasteiger partial charge in [0.05, 0.1) is 11.3 Å². The maximum Gasteiger partial charge on any atom is 0.179 e. The van der Waals surface area contributed by atoms with Gasteiger partial charge in [0.25, 0.3) is 0 Å². The minimum absolute atomic E-state index is 0.393. The van der Waals surface area contributed by atoms with Crippen molar-refractivity contribution in [1.82, 2.24) is 29.3 Å². The monoisotopic (exact) mass is 556 g/mol. The molecule has 0 atom stereocenters. The average molecular weight is 557 g/mol. The molecule has 2 aromatic carbocycles. The van der Waals surface area contributed by atoms with Crippen molar-refractivity contribution in [3.63, 3.8) is 0 Å². The van der Waals surface area contributed by atoms with Crippen molar-refractivity contribution in [2.45, 2.75) is 33.2 Å². The number of nitriles is 1. The fourth-order valence-electron chi connectivity index (χ4n) is 6.18. The first-order chi connectivity index (χ1) is 20.6. The highest BCUT2D eigenvalue weighted by Crippen LogP contribution is 2.41. The molecule has 0 radical (unpaired) electrons. The first-order valence-electron chi connectivity index (χ1n) is 14.7. The van der Waals surface area contributed by atoms with Crippen molar-refractivity contribution < 1.29 is 0 Å². The summed E-state index contributed by atoms with van der Waals surface area (Å²) in [5.41, 5.74) is 13.3. The molecule has 2 N–H and O–H groups in total. The second-order valence-corrected chi connectivity index (χ2v) is 11.0. The molecular weight excluding hydrogens is 520 g/mol. The van der Waals surface area contributed by atoms with E-state index in [-0.39, 0.29) is 0 Å². The van der Waals surface area contributed by atoms with Gasteiger partial charge in [0, 0.05) is 50.2 Å². The molecule has 7 rings (SSSR count). The molecule has 5 aromatic rings. The zero-order valence-electron chi connectivity index (χ0n) is 24.2. The minimum Gasteiger partial charge on any atom is -0.383 e. The third-order valence-corrected chi connectivity index (χ3v) is 8.34. The van der Waals surface area contributed by atoms with Crippen LogP contribution in [0.25, 0.3) is 39.5 Å². The van der Waals surface area contributed by atoms with E-state index >= 15 is 0 Å². The molecule has 0 bridgehead atoms. The molecule has 0 amide bonds. The van der Waals surface area contributed by atoms with Crippen molar-refractivity contribution in [3.05, 3.63) is 90.6 Å². The second kappa shape index (κ2) is 11.6. The number of aromatic nitrogens is 4. The van der Waals surface area contributed by atoms with E-state index in [1.165, 1.54) is 5.56 Å². The lowest BCUT2D eigenvalue weighted by molar-refractivity contribution is -0.0429. The Kier molecular flexibility index (Phi) is 7.60. The van der Waals surface area contributed by atoms with Gasteiger partial charge in [-0.1, -0.05) is 56.3 Å². The first kappa shape index (κ1) is 27.4. The fourth-order valence-corrected chi connectivity index (χ4v) is 6.18. The van der Waals surface area contributed by atoms with Gasteiger partial charge in [-0.2, -0.15) is 5.26 Å². The molecule has 42 heavy (non-hydrogen) atoms. The van der Waals surface area contributed by atoms with Crippen molar-refractivity contribution in [2.24, 2.45) is 5.41 Å². The van der Waals surface area contributed by atoms with Gasteiger partial charge < -0.3 is 10.6 Å². The lowest BCUT2D eigenvalue weighted by atomic mass is 9.72. The van der Waals surface area contributed by atoms with Crippen molar-refractivity contribution >= 4 is 17.0 Å². The van der Waals surface area contributed by atoms with Crippen LogP contribution in [-0.2, 0) is 6.54 Å². The number of nitrogens with two attached hydrogens (primary N) is 1. The second-order valence-electron chi connectivity index (χ2n) is 11.0. The van der Waals surface area contributed by atoms with E-state index in [0.29, 0.717) is 11.2 Å². The molecule has 3 aromatic heterocycles. The summed E-state index contributed by atoms with van der Waals surface area (Å²) in [4.78, 5) is 18.7. The number of nitrogen functional groups attached to an aromatic ring is 1. The Morgan fingerprint density at radius 3 is 2.31 bits per heavy atom. The molecule has 5 heterocycles. The van der Waals surface area contributed by atoms with Gasteiger partial charge in [-0.05, 0) is 60.2 Å². The predicted molar refractivity (Wildman–Crippen MR) is 167 cm³/mol. The average Bonchev–Trinajstić information content (AvgIpc) is 3.41. The highest BCUT2D eigenvalue weighted by molar-refractivity contribution is 5.84. The molecule has 0 unspecified atom stereocenters. The third-order valence-electron chi connectivity index (χ3n) is 8.34. The molecule has 2 aliphatic heterocycles. The van der Waals surface area contributed by atoms with Crippen molar-refractivity contribution in [3.8, 4) is 34.5 Å². The van der Waals surface area contributed by atoms with E-state index in [9.17, 15) is 0 Å². The van der Waals surface area contributed by atoms with E-state index in [2.05, 4.69) is 57.0 Å². The largest absolute Gasteiger partial charge is 0.383 e. The maximum atomic E-state index is 9.16. The highest BCUT2D eigenvalue weighted by Gasteiger charge is 2.44. The van der Waals surface area contributed by atoms with Crippen LogP contribution in [0.15, 0.2) is 85.1 Å². The summed E-state index contributed by atoms with van der Waals surface area (Å²) >= 11 is 0. The number of likely N-dealkylation sites (tertiary alicyclic amines) is 2. The molecule has 212 valence electrons. The lowest BCUT2D eigenvalue weighted by Crippen LogP contribution is -2.59. The number of anilines is 1. The molecular formula is C34H36N8. The van der Waals surface area contributed by atoms with Crippen molar-refractivity contribution in [1.29, 1.82) is 5.26 Å². The van der Waals surface area contributed by atoms with Crippen LogP contribution >= 0.6 is 0 Å². The summed E-state index contributed by atoms with van der Waals surface area (Å²) in [7, 11) is 0. The van der Waals surface area contributed by atoms with Crippen molar-refractivity contribution in [2.75, 3.05) is 31.9 Å². The lowest BCUT2D eigenvalue weighted by Gasteiger charge is -2.53. The van der Waals surface area contributed by atoms with Gasteiger partial charge in [-0.15, -0.1) is 0 Å². The summed E-state index contributed by atoms with van der Waals surface area (Å²) in [5, 5.41) is 9.16. The number of benzene rings is 2. The number of hydrogen-bond donors (Lipinski definition) is 1. The number of nitrogens with zero attached hydrogens (tertiary/aromatic N) is 7. The zero-order valence-corrected chi connectivity index (χ0v) is 24.2. The molecule has 8 nitrogen and oxygen atoms in total. The number of hydrogen-bond acceptors (Lipinski definition) is 7. The van der Waals surface area contributed by atoms with Crippen LogP contribution in [0.5, 0.6) is 0 Å². The number of rotatable bonds is 5. The first-order valence-corrected chi connectivity index (χ1v) is 14.7. The summed E-state index contributed by atoms with van der Waals surface area (Å²) in [5.74, 6) is 1.16. The van der Waals surface area contributed by atoms with E-state index < -0.39 is 0 Å². The van der Waals surface area contributed by atoms with E-state index in [4.69, 9.17) is 21.0 Å². The third kappa shape index (κ3) is 5.19. The molecule has 2 aliphatic rings. The Hall–Kier alpha value is -4.74. The van der Waals surface area contributed by atoms with Gasteiger partial charge >= 0.3 is 0 Å². The van der Waals surface area contributed by atoms with Crippen LogP contribution in [-0.4, -0.2) is 55.5 Å². The normalized spacial score (nSPS) is 16.0. The number of imidazole rings is 1. The van der Waals surface area contributed by atoms with Gasteiger partial charge in [-0.3, -0.25) is 9.47 Å². The Balaban J connectivity index is 0.00000155. The molecule has 0 saturated carbocycles. The smallest absolute Gasteiger partial charge is 0.179 e. The topological polar surface area (TPSA) is 99.9 Å². The van der Waals surface area contributed by atoms with E-state index in [0.717, 1.165) is 85.1 Å². The van der Waals surface area contributed by atoms with Crippen LogP contribution in [0.1, 0.15) is 32.3 Å². The number of fused-ring (bicyclic) bond motifs is 1. The Morgan fingerprint density at radius 2 is 1.62 bits per heavy atom. The quantitative estimate of drug-likeness (QED) is 0.260. The van der Waals surface area contributed by atoms with E-state index in [1.54, 1.807) is 6.20 Å². The summed E-state index contributed by atoms with van der Waals surface area (Å²) in [6.07, 6.45) is 6.22. The van der Waals surface area contributed by atoms with Gasteiger partial charge in [0.15, 0.2) is 17.7 Å². The van der Waals surface area contributed by atoms with E-state index in [1.807, 2.05) is 61.2 Å². The molecule has 2 saturated heterocycles. The van der Waals surface area contributed by atoms with Gasteiger partial charge in [0.2, 0.25) is 0 Å². The molecule has 2 fully saturated rings. The fraction of sp³-hybridized carbons (Fsp3) is 0.294. The van der Waals surface area contributed by atoms with Crippen LogP contribution in [0.2, 0.25) is 0 Å². The van der Waals surface area contributed by atoms with Gasteiger partial charge in [0.1, 0.15) is 11.3 Å². The summed E-state index contributed by atoms with van der Waals surface area (Å²) in [6, 6.07) is 26.7. The maximum absolute atomic E-state index is 9.16. The number of pyridine rings is 2. The molecule has 1 spiro atoms. The van der Waals surface area contributed by atoms with Gasteiger partial charge in [-0.25, -0.2) is 15.0 Å². The molecule has 0 aliphatic carbocycles. The highest BCUT2D eigenvalue weighted by atomic mass is 15.2. The summed E-state index contributed by atoms with van der Waals surface area (Å²) < 4.78 is 2.08. The Bertz CT molecular complexity index is 1700.